The predicted octanol–water partition coefficient (Wildman–Crippen LogP) is -17.1. The summed E-state index contributed by atoms with van der Waals surface area (Å²) in [5.41, 5.74) is 0. The van der Waals surface area contributed by atoms with Crippen molar-refractivity contribution in [3.8, 4) is 0 Å². The van der Waals surface area contributed by atoms with Crippen LogP contribution in [0.4, 0.5) is 0 Å². The molecule has 60 heteroatoms. The van der Waals surface area contributed by atoms with Crippen LogP contribution in [-0.2, 0) is 56.7 Å². The van der Waals surface area contributed by atoms with Crippen molar-refractivity contribution in [1.29, 1.82) is 0 Å². The molecule has 0 saturated carbocycles. The molecule has 76 heavy (non-hydrogen) atoms. The first-order chi connectivity index (χ1) is 28.6. The second-order valence-corrected chi connectivity index (χ2v) is 28.3. The van der Waals surface area contributed by atoms with Crippen molar-refractivity contribution < 1.29 is 238 Å². The number of rotatable bonds is 21. The van der Waals surface area contributed by atoms with Crippen molar-refractivity contribution in [3.63, 3.8) is 0 Å². The molecule has 0 aromatic heterocycles. The summed E-state index contributed by atoms with van der Waals surface area (Å²) in [5.74, 6) is -3.13. The van der Waals surface area contributed by atoms with E-state index >= 15 is 0 Å². The molecular weight excluding hydrogens is 1480 g/mol. The van der Waals surface area contributed by atoms with E-state index in [0.717, 1.165) is 21.3 Å². The summed E-state index contributed by atoms with van der Waals surface area (Å²) in [5, 5.41) is 53.5. The van der Waals surface area contributed by atoms with Gasteiger partial charge in [-0.05, 0) is 24.9 Å². The Hall–Kier alpha value is 11.3. The van der Waals surface area contributed by atoms with Gasteiger partial charge in [-0.25, -0.2) is 0 Å². The SMILES string of the molecule is C.C.C.C.CO[O-].CO[O-].CO[O-].O=P(O)(O)CN(CP(=O)(O)O)CP(=O)(O)O.O=P(O)(O)CP([O-])N=[P+]([O-])CO[O-].O=P(O)(O)CP([O-])N=[P+]([O-])CO[O-].O=P([O-])([O-])CP([O-])N=[P+]([O-])CO[O-].[2HH].[2HH].[Ca+2].[Ca+2].[Ca+2].[Ca+2].[Ca+2].[Ca+2].[Na+].[Na+]. The molecule has 0 saturated heterocycles. The van der Waals surface area contributed by atoms with Gasteiger partial charge in [-0.15, -0.1) is 13.5 Å². The zero-order valence-electron chi connectivity index (χ0n) is 37.8. The Kier molecular flexibility index (Phi) is 155. The minimum atomic E-state index is -4.92. The normalized spacial score (nSPS) is 11.9. The minimum Gasteiger partial charge on any atom is -0.810 e. The molecule has 0 rings (SSSR count). The van der Waals surface area contributed by atoms with Gasteiger partial charge in [-0.2, -0.15) is 0 Å². The van der Waals surface area contributed by atoms with Crippen molar-refractivity contribution in [1.82, 2.24) is 4.90 Å². The van der Waals surface area contributed by atoms with Gasteiger partial charge in [0.25, 0.3) is 0 Å². The average Bonchev–Trinajstić information content (AvgIpc) is 2.98. The maximum Gasteiger partial charge on any atom is 2.00 e. The van der Waals surface area contributed by atoms with Gasteiger partial charge < -0.3 is 154 Å². The predicted molar refractivity (Wildman–Crippen MR) is 252 cm³/mol. The second-order valence-electron chi connectivity index (χ2n) is 9.08. The molecule has 0 bridgehead atoms. The molecule has 0 aliphatic carbocycles. The first kappa shape index (κ1) is 139. The third-order valence-corrected chi connectivity index (χ3v) is 18.5. The van der Waals surface area contributed by atoms with E-state index in [9.17, 15) is 82.3 Å². The van der Waals surface area contributed by atoms with Gasteiger partial charge in [0.15, 0.2) is 23.8 Å². The van der Waals surface area contributed by atoms with Crippen LogP contribution in [0.15, 0.2) is 13.5 Å². The molecule has 0 radical (unpaired) electrons. The maximum atomic E-state index is 10.7. The van der Waals surface area contributed by atoms with Gasteiger partial charge in [0, 0.05) is 30.1 Å². The van der Waals surface area contributed by atoms with Gasteiger partial charge in [0.05, 0.1) is 11.8 Å². The molecule has 0 fully saturated rings. The molecule has 0 aromatic rings. The Balaban J connectivity index is -0.0000000263. The van der Waals surface area contributed by atoms with Crippen LogP contribution in [0.5, 0.6) is 0 Å². The summed E-state index contributed by atoms with van der Waals surface area (Å²) >= 11 is 0. The summed E-state index contributed by atoms with van der Waals surface area (Å²) in [4.78, 5) is 187. The van der Waals surface area contributed by atoms with Crippen LogP contribution in [0.25, 0.3) is 0 Å². The molecule has 0 amide bonds. The van der Waals surface area contributed by atoms with Crippen molar-refractivity contribution in [2.45, 2.75) is 29.7 Å². The molecule has 0 aliphatic rings. The molecule has 0 spiro atoms. The van der Waals surface area contributed by atoms with Crippen LogP contribution < -0.4 is 130 Å². The van der Waals surface area contributed by atoms with Crippen LogP contribution >= 0.6 is 94.3 Å². The number of nitrogens with zero attached hydrogens (tertiary/aromatic N) is 4. The smallest absolute Gasteiger partial charge is 0.810 e. The van der Waals surface area contributed by atoms with Crippen LogP contribution in [0.3, 0.4) is 0 Å². The molecule has 0 aromatic carbocycles. The van der Waals surface area contributed by atoms with E-state index in [1.54, 1.807) is 0 Å². The molecule has 10 N–H and O–H groups in total. The molecule has 6 atom stereocenters. The zero-order chi connectivity index (χ0) is 52.8. The Morgan fingerprint density at radius 1 is 0.434 bits per heavy atom. The summed E-state index contributed by atoms with van der Waals surface area (Å²) < 4.78 is 71.0. The Labute approximate surface area is 671 Å². The van der Waals surface area contributed by atoms with Crippen molar-refractivity contribution >= 4 is 321 Å². The summed E-state index contributed by atoms with van der Waals surface area (Å²) in [6.07, 6.45) is -5.71. The number of hydrogen-bond donors (Lipinski definition) is 10. The fourth-order valence-corrected chi connectivity index (χ4v) is 14.1. The Morgan fingerprint density at radius 3 is 0.711 bits per heavy atom. The van der Waals surface area contributed by atoms with Crippen molar-refractivity contribution in [2.75, 3.05) is 76.9 Å². The first-order valence-corrected chi connectivity index (χ1v) is 32.7. The van der Waals surface area contributed by atoms with E-state index in [1.165, 1.54) is 0 Å². The van der Waals surface area contributed by atoms with Gasteiger partial charge in [-0.3, -0.25) is 27.7 Å². The summed E-state index contributed by atoms with van der Waals surface area (Å²) in [7, 11) is -39.9. The van der Waals surface area contributed by atoms with Crippen LogP contribution in [0, 0.1) is 0 Å². The van der Waals surface area contributed by atoms with Crippen LogP contribution in [0.1, 0.15) is 32.6 Å². The molecule has 40 nitrogen and oxygen atoms in total. The molecule has 0 heterocycles. The van der Waals surface area contributed by atoms with Gasteiger partial charge in [-0.1, -0.05) is 37.3 Å². The molecular formula is C16H57Ca6N4Na2O36P12+3. The second kappa shape index (κ2) is 84.3. The van der Waals surface area contributed by atoms with Crippen LogP contribution in [-0.4, -0.2) is 357 Å². The minimum absolute atomic E-state index is 0. The zero-order valence-corrected chi connectivity index (χ0v) is 65.8. The standard InChI is InChI=1S/C3H12NO9P3.3C2H7NO7P3.3CH4O2.4CH4.6Ca.2Na.2H2/c5-14(6,7)1-4(2-15(8,9)10)3-16(11,12)13;3*4-10-1-11(5)3-12(6)2-13(7,8)9;3*1-3-2;;;;;;;;;;;;;;/h1-3H2,(H2,5,6,7)(H2,8,9,10)(H2,11,12,13);3*4H,1-2H2,(H2,7,8,9);3*2H,1H3;4*1H4;;;;;;;;;2*1H/q;3*-1;;;;;;;;6*+2;2*+1;;/p-8/i;;;;;;;;;;;;;;;;;;;2*1+1. The van der Waals surface area contributed by atoms with Crippen molar-refractivity contribution in [2.24, 2.45) is 13.5 Å². The van der Waals surface area contributed by atoms with Crippen molar-refractivity contribution in [3.05, 3.63) is 0 Å². The number of hydrogen-bond acceptors (Lipinski definition) is 30. The third kappa shape index (κ3) is 156. The maximum absolute atomic E-state index is 10.7. The average molecular weight is 1540 g/mol. The first-order valence-electron chi connectivity index (χ1n) is 13.6. The third-order valence-electron chi connectivity index (χ3n) is 3.15. The van der Waals surface area contributed by atoms with Crippen LogP contribution in [0.2, 0.25) is 0 Å². The van der Waals surface area contributed by atoms with E-state index < -0.39 is 150 Å². The van der Waals surface area contributed by atoms with E-state index in [4.69, 9.17) is 64.7 Å². The Bertz CT molecular complexity index is 1410. The molecule has 0 aliphatic heterocycles. The van der Waals surface area contributed by atoms with Gasteiger partial charge >= 0.3 is 324 Å². The molecule has 6 unspecified atom stereocenters. The van der Waals surface area contributed by atoms with E-state index in [2.05, 4.69) is 42.9 Å². The van der Waals surface area contributed by atoms with E-state index in [-0.39, 0.29) is 318 Å². The topological polar surface area (TPSA) is 723 Å². The van der Waals surface area contributed by atoms with E-state index in [1.807, 2.05) is 0 Å². The summed E-state index contributed by atoms with van der Waals surface area (Å²) in [6, 6.07) is 0. The van der Waals surface area contributed by atoms with E-state index in [0.29, 0.717) is 4.90 Å². The monoisotopic (exact) mass is 1540 g/mol. The molecule has 428 valence electrons. The quantitative estimate of drug-likeness (QED) is 0.0221. The summed E-state index contributed by atoms with van der Waals surface area (Å²) in [6.45, 7) is 0. The fraction of sp³-hybridized carbons (Fsp3) is 1.00. The van der Waals surface area contributed by atoms with Gasteiger partial charge in [0.1, 0.15) is 18.9 Å². The fourth-order valence-electron chi connectivity index (χ4n) is 2.01. The van der Waals surface area contributed by atoms with Gasteiger partial charge in [0.2, 0.25) is 19.0 Å². The largest absolute Gasteiger partial charge is 2.00 e. The Morgan fingerprint density at radius 2 is 0.592 bits per heavy atom.